The summed E-state index contributed by atoms with van der Waals surface area (Å²) >= 11 is 0. The van der Waals surface area contributed by atoms with Gasteiger partial charge in [0.2, 0.25) is 5.82 Å². The minimum absolute atomic E-state index is 0.0905. The molecule has 0 radical (unpaired) electrons. The van der Waals surface area contributed by atoms with Gasteiger partial charge in [-0.2, -0.15) is 4.80 Å². The van der Waals surface area contributed by atoms with E-state index >= 15 is 0 Å². The first kappa shape index (κ1) is 19.3. The number of benzene rings is 2. The van der Waals surface area contributed by atoms with E-state index in [1.807, 2.05) is 31.2 Å². The van der Waals surface area contributed by atoms with Crippen molar-refractivity contribution in [3.8, 4) is 17.1 Å². The summed E-state index contributed by atoms with van der Waals surface area (Å²) in [6.45, 7) is 1.69. The molecule has 152 valence electrons. The summed E-state index contributed by atoms with van der Waals surface area (Å²) in [4.78, 5) is 25.2. The minimum Gasteiger partial charge on any atom is -0.497 e. The number of esters is 1. The Morgan fingerprint density at radius 1 is 1.13 bits per heavy atom. The molecule has 0 atom stereocenters. The van der Waals surface area contributed by atoms with Crippen molar-refractivity contribution in [2.75, 3.05) is 7.11 Å². The summed E-state index contributed by atoms with van der Waals surface area (Å²) in [5.41, 5.74) is 2.27. The van der Waals surface area contributed by atoms with Crippen molar-refractivity contribution in [2.24, 2.45) is 0 Å². The van der Waals surface area contributed by atoms with Crippen LogP contribution in [0.3, 0.4) is 0 Å². The number of aromatic nitrogens is 4. The zero-order valence-electron chi connectivity index (χ0n) is 16.4. The number of tetrazole rings is 1. The lowest BCUT2D eigenvalue weighted by Crippen LogP contribution is -2.16. The van der Waals surface area contributed by atoms with Crippen LogP contribution in [0.4, 0.5) is 0 Å². The molecule has 4 aromatic rings. The fourth-order valence-electron chi connectivity index (χ4n) is 2.90. The number of hydrogen-bond donors (Lipinski definition) is 0. The van der Waals surface area contributed by atoms with Gasteiger partial charge in [0.15, 0.2) is 6.54 Å². The van der Waals surface area contributed by atoms with Crippen molar-refractivity contribution in [3.63, 3.8) is 0 Å². The highest BCUT2D eigenvalue weighted by atomic mass is 16.5. The minimum atomic E-state index is -0.558. The van der Waals surface area contributed by atoms with Crippen LogP contribution in [0, 0.1) is 6.92 Å². The molecule has 0 bridgehead atoms. The Kier molecular flexibility index (Phi) is 5.25. The molecule has 0 fully saturated rings. The molecule has 2 heterocycles. The highest BCUT2D eigenvalue weighted by molar-refractivity contribution is 5.81. The number of hydrogen-bond acceptors (Lipinski definition) is 8. The van der Waals surface area contributed by atoms with Gasteiger partial charge >= 0.3 is 11.6 Å². The number of carbonyl (C=O) groups is 1. The highest BCUT2D eigenvalue weighted by Gasteiger charge is 2.13. The Labute approximate surface area is 170 Å². The Morgan fingerprint density at radius 2 is 1.93 bits per heavy atom. The molecular formula is C21H18N4O5. The van der Waals surface area contributed by atoms with Gasteiger partial charge in [0.05, 0.1) is 7.11 Å². The molecule has 2 aromatic heterocycles. The van der Waals surface area contributed by atoms with Gasteiger partial charge in [0, 0.05) is 28.6 Å². The monoisotopic (exact) mass is 406 g/mol. The van der Waals surface area contributed by atoms with E-state index in [1.165, 1.54) is 18.0 Å². The summed E-state index contributed by atoms with van der Waals surface area (Å²) in [6, 6.07) is 14.0. The predicted octanol–water partition coefficient (Wildman–Crippen LogP) is 2.51. The van der Waals surface area contributed by atoms with Crippen molar-refractivity contribution >= 4 is 16.9 Å². The highest BCUT2D eigenvalue weighted by Crippen LogP contribution is 2.23. The first-order chi connectivity index (χ1) is 14.5. The lowest BCUT2D eigenvalue weighted by Gasteiger charge is -2.08. The van der Waals surface area contributed by atoms with Gasteiger partial charge in [0.1, 0.15) is 17.9 Å². The first-order valence-electron chi connectivity index (χ1n) is 9.13. The second kappa shape index (κ2) is 8.16. The average molecular weight is 406 g/mol. The molecule has 0 aliphatic carbocycles. The van der Waals surface area contributed by atoms with E-state index in [-0.39, 0.29) is 13.2 Å². The van der Waals surface area contributed by atoms with Gasteiger partial charge in [-0.15, -0.1) is 10.2 Å². The van der Waals surface area contributed by atoms with E-state index in [4.69, 9.17) is 13.9 Å². The van der Waals surface area contributed by atoms with E-state index in [1.54, 1.807) is 18.2 Å². The molecule has 0 saturated heterocycles. The van der Waals surface area contributed by atoms with Crippen LogP contribution in [0.5, 0.6) is 5.75 Å². The van der Waals surface area contributed by atoms with Crippen LogP contribution in [-0.2, 0) is 22.7 Å². The van der Waals surface area contributed by atoms with Crippen LogP contribution in [0.15, 0.2) is 57.7 Å². The molecule has 9 nitrogen and oxygen atoms in total. The molecule has 0 aliphatic rings. The fourth-order valence-corrected chi connectivity index (χ4v) is 2.90. The van der Waals surface area contributed by atoms with Gasteiger partial charge in [0.25, 0.3) is 0 Å². The maximum Gasteiger partial charge on any atom is 0.336 e. The predicted molar refractivity (Wildman–Crippen MR) is 107 cm³/mol. The second-order valence-electron chi connectivity index (χ2n) is 6.62. The van der Waals surface area contributed by atoms with Gasteiger partial charge < -0.3 is 13.9 Å². The SMILES string of the molecule is COc1ccc2c(COC(=O)Cn3nnc(-c4ccc(C)cc4)n3)cc(=O)oc2c1. The third-order valence-electron chi connectivity index (χ3n) is 4.46. The molecule has 0 N–H and O–H groups in total. The number of aryl methyl sites for hydroxylation is 1. The third-order valence-corrected chi connectivity index (χ3v) is 4.46. The van der Waals surface area contributed by atoms with E-state index < -0.39 is 11.6 Å². The fraction of sp³-hybridized carbons (Fsp3) is 0.190. The second-order valence-corrected chi connectivity index (χ2v) is 6.62. The molecule has 9 heteroatoms. The largest absolute Gasteiger partial charge is 0.497 e. The normalized spacial score (nSPS) is 10.9. The number of ether oxygens (including phenoxy) is 2. The van der Waals surface area contributed by atoms with Crippen molar-refractivity contribution in [1.29, 1.82) is 0 Å². The maximum absolute atomic E-state index is 12.2. The lowest BCUT2D eigenvalue weighted by molar-refractivity contribution is -0.146. The Bertz CT molecular complexity index is 1260. The van der Waals surface area contributed by atoms with Crippen LogP contribution in [0.2, 0.25) is 0 Å². The van der Waals surface area contributed by atoms with Gasteiger partial charge in [-0.1, -0.05) is 29.8 Å². The first-order valence-corrected chi connectivity index (χ1v) is 9.13. The van der Waals surface area contributed by atoms with E-state index in [2.05, 4.69) is 15.4 Å². The Hall–Kier alpha value is -4.01. The molecule has 30 heavy (non-hydrogen) atoms. The maximum atomic E-state index is 12.2. The number of nitrogens with zero attached hydrogens (tertiary/aromatic N) is 4. The summed E-state index contributed by atoms with van der Waals surface area (Å²) < 4.78 is 15.6. The Balaban J connectivity index is 1.44. The average Bonchev–Trinajstić information content (AvgIpc) is 3.20. The number of rotatable bonds is 6. The zero-order chi connectivity index (χ0) is 21.1. The zero-order valence-corrected chi connectivity index (χ0v) is 16.4. The van der Waals surface area contributed by atoms with Gasteiger partial charge in [-0.25, -0.2) is 9.59 Å². The van der Waals surface area contributed by atoms with Crippen LogP contribution in [0.25, 0.3) is 22.4 Å². The van der Waals surface area contributed by atoms with Crippen molar-refractivity contribution in [2.45, 2.75) is 20.1 Å². The van der Waals surface area contributed by atoms with Crippen LogP contribution in [-0.4, -0.2) is 33.3 Å². The molecule has 0 unspecified atom stereocenters. The van der Waals surface area contributed by atoms with E-state index in [9.17, 15) is 9.59 Å². The summed E-state index contributed by atoms with van der Waals surface area (Å²) in [5, 5.41) is 12.7. The molecule has 0 aliphatic heterocycles. The smallest absolute Gasteiger partial charge is 0.336 e. The third kappa shape index (κ3) is 4.19. The molecule has 0 amide bonds. The van der Waals surface area contributed by atoms with E-state index in [0.29, 0.717) is 28.1 Å². The van der Waals surface area contributed by atoms with Gasteiger partial charge in [-0.05, 0) is 24.3 Å². The molecular weight excluding hydrogens is 388 g/mol. The quantitative estimate of drug-likeness (QED) is 0.355. The van der Waals surface area contributed by atoms with Crippen LogP contribution >= 0.6 is 0 Å². The number of methoxy groups -OCH3 is 1. The number of fused-ring (bicyclic) bond motifs is 1. The summed E-state index contributed by atoms with van der Waals surface area (Å²) in [6.07, 6.45) is 0. The molecule has 0 saturated carbocycles. The van der Waals surface area contributed by atoms with Crippen molar-refractivity contribution in [3.05, 3.63) is 70.1 Å². The lowest BCUT2D eigenvalue weighted by atomic mass is 10.1. The van der Waals surface area contributed by atoms with Gasteiger partial charge in [-0.3, -0.25) is 0 Å². The topological polar surface area (TPSA) is 109 Å². The molecule has 2 aromatic carbocycles. The summed E-state index contributed by atoms with van der Waals surface area (Å²) in [5.74, 6) is 0.419. The summed E-state index contributed by atoms with van der Waals surface area (Å²) in [7, 11) is 1.52. The van der Waals surface area contributed by atoms with Crippen molar-refractivity contribution < 1.29 is 18.7 Å². The van der Waals surface area contributed by atoms with E-state index in [0.717, 1.165) is 11.1 Å². The Morgan fingerprint density at radius 3 is 2.70 bits per heavy atom. The standard InChI is InChI=1S/C21H18N4O5/c1-13-3-5-14(6-4-13)21-22-24-25(23-21)11-20(27)29-12-15-9-19(26)30-18-10-16(28-2)7-8-17(15)18/h3-10H,11-12H2,1-2H3. The molecule has 4 rings (SSSR count). The molecule has 0 spiro atoms. The van der Waals surface area contributed by atoms with Crippen LogP contribution in [0.1, 0.15) is 11.1 Å². The van der Waals surface area contributed by atoms with Crippen molar-refractivity contribution in [1.82, 2.24) is 20.2 Å². The number of carbonyl (C=O) groups excluding carboxylic acids is 1. The van der Waals surface area contributed by atoms with Crippen LogP contribution < -0.4 is 10.4 Å².